The van der Waals surface area contributed by atoms with E-state index in [0.29, 0.717) is 16.9 Å². The summed E-state index contributed by atoms with van der Waals surface area (Å²) < 4.78 is 7.27. The predicted molar refractivity (Wildman–Crippen MR) is 113 cm³/mol. The Morgan fingerprint density at radius 2 is 1.96 bits per heavy atom. The van der Waals surface area contributed by atoms with E-state index in [-0.39, 0.29) is 11.7 Å². The van der Waals surface area contributed by atoms with Crippen molar-refractivity contribution in [2.24, 2.45) is 7.05 Å². The van der Waals surface area contributed by atoms with Gasteiger partial charge in [0.05, 0.1) is 18.4 Å². The molecule has 0 aliphatic carbocycles. The van der Waals surface area contributed by atoms with Gasteiger partial charge in [-0.25, -0.2) is 0 Å². The van der Waals surface area contributed by atoms with Crippen LogP contribution in [0.25, 0.3) is 11.4 Å². The second kappa shape index (κ2) is 8.93. The maximum atomic E-state index is 12.3. The molecule has 0 radical (unpaired) electrons. The van der Waals surface area contributed by atoms with E-state index in [1.54, 1.807) is 7.11 Å². The number of hydrogen-bond donors (Lipinski definition) is 1. The number of benzene rings is 2. The molecule has 0 saturated heterocycles. The molecule has 3 aromatic rings. The molecule has 0 saturated carbocycles. The Hall–Kier alpha value is -2.80. The monoisotopic (exact) mass is 396 g/mol. The van der Waals surface area contributed by atoms with Crippen molar-refractivity contribution in [1.82, 2.24) is 14.8 Å². The van der Waals surface area contributed by atoms with E-state index in [9.17, 15) is 4.79 Å². The number of carbonyl (C=O) groups is 1. The third-order valence-corrected chi connectivity index (χ3v) is 5.37. The van der Waals surface area contributed by atoms with Crippen molar-refractivity contribution in [3.63, 3.8) is 0 Å². The number of methoxy groups -OCH3 is 1. The number of aromatic nitrogens is 3. The minimum absolute atomic E-state index is 0.0762. The van der Waals surface area contributed by atoms with E-state index in [1.807, 2.05) is 54.1 Å². The highest BCUT2D eigenvalue weighted by Gasteiger charge is 2.16. The van der Waals surface area contributed by atoms with Crippen LogP contribution in [0.3, 0.4) is 0 Å². The lowest BCUT2D eigenvalue weighted by Gasteiger charge is -2.10. The summed E-state index contributed by atoms with van der Waals surface area (Å²) >= 11 is 1.35. The van der Waals surface area contributed by atoms with E-state index in [4.69, 9.17) is 4.74 Å². The van der Waals surface area contributed by atoms with Gasteiger partial charge < -0.3 is 14.6 Å². The van der Waals surface area contributed by atoms with Gasteiger partial charge in [-0.1, -0.05) is 49.9 Å². The second-order valence-electron chi connectivity index (χ2n) is 6.68. The molecule has 1 heterocycles. The standard InChI is InChI=1S/C21H24N4O2S/c1-14(2)15-8-7-9-16(12-15)22-19(26)13-28-21-24-23-20(25(21)3)17-10-5-6-11-18(17)27-4/h5-12,14H,13H2,1-4H3,(H,22,26). The third-order valence-electron chi connectivity index (χ3n) is 4.35. The van der Waals surface area contributed by atoms with Crippen LogP contribution in [-0.4, -0.2) is 33.5 Å². The summed E-state index contributed by atoms with van der Waals surface area (Å²) in [6, 6.07) is 15.6. The molecule has 0 aliphatic heterocycles. The molecular formula is C21H24N4O2S. The maximum Gasteiger partial charge on any atom is 0.234 e. The molecule has 0 aliphatic rings. The minimum atomic E-state index is -0.0762. The number of nitrogens with zero attached hydrogens (tertiary/aromatic N) is 3. The van der Waals surface area contributed by atoms with Gasteiger partial charge in [0.1, 0.15) is 5.75 Å². The van der Waals surface area contributed by atoms with Crippen molar-refractivity contribution in [1.29, 1.82) is 0 Å². The van der Waals surface area contributed by atoms with Crippen molar-refractivity contribution in [2.45, 2.75) is 24.9 Å². The SMILES string of the molecule is COc1ccccc1-c1nnc(SCC(=O)Nc2cccc(C(C)C)c2)n1C. The van der Waals surface area contributed by atoms with Crippen LogP contribution in [0.1, 0.15) is 25.3 Å². The zero-order valence-electron chi connectivity index (χ0n) is 16.5. The van der Waals surface area contributed by atoms with Gasteiger partial charge in [-0.3, -0.25) is 4.79 Å². The normalized spacial score (nSPS) is 10.9. The van der Waals surface area contributed by atoms with Crippen LogP contribution in [-0.2, 0) is 11.8 Å². The zero-order valence-corrected chi connectivity index (χ0v) is 17.3. The predicted octanol–water partition coefficient (Wildman–Crippen LogP) is 4.34. The number of thioether (sulfide) groups is 1. The van der Waals surface area contributed by atoms with Crippen LogP contribution in [0.4, 0.5) is 5.69 Å². The number of hydrogen-bond acceptors (Lipinski definition) is 5. The summed E-state index contributed by atoms with van der Waals surface area (Å²) in [5.41, 5.74) is 2.87. The van der Waals surface area contributed by atoms with E-state index in [0.717, 1.165) is 17.0 Å². The van der Waals surface area contributed by atoms with Crippen molar-refractivity contribution in [3.05, 3.63) is 54.1 Å². The van der Waals surface area contributed by atoms with Gasteiger partial charge in [0.2, 0.25) is 5.91 Å². The quantitative estimate of drug-likeness (QED) is 0.602. The van der Waals surface area contributed by atoms with Crippen LogP contribution >= 0.6 is 11.8 Å². The van der Waals surface area contributed by atoms with Crippen LogP contribution in [0.2, 0.25) is 0 Å². The highest BCUT2D eigenvalue weighted by molar-refractivity contribution is 7.99. The number of anilines is 1. The van der Waals surface area contributed by atoms with Crippen LogP contribution in [0.5, 0.6) is 5.75 Å². The number of carbonyl (C=O) groups excluding carboxylic acids is 1. The number of ether oxygens (including phenoxy) is 1. The van der Waals surface area contributed by atoms with Crippen molar-refractivity contribution in [3.8, 4) is 17.1 Å². The van der Waals surface area contributed by atoms with E-state index in [1.165, 1.54) is 17.3 Å². The number of rotatable bonds is 7. The number of para-hydroxylation sites is 1. The Labute approximate surface area is 169 Å². The topological polar surface area (TPSA) is 69.0 Å². The molecular weight excluding hydrogens is 372 g/mol. The van der Waals surface area contributed by atoms with Gasteiger partial charge in [-0.05, 0) is 35.7 Å². The largest absolute Gasteiger partial charge is 0.496 e. The Morgan fingerprint density at radius 3 is 2.71 bits per heavy atom. The minimum Gasteiger partial charge on any atom is -0.496 e. The van der Waals surface area contributed by atoms with E-state index < -0.39 is 0 Å². The van der Waals surface area contributed by atoms with E-state index >= 15 is 0 Å². The molecule has 0 spiro atoms. The highest BCUT2D eigenvalue weighted by Crippen LogP contribution is 2.30. The lowest BCUT2D eigenvalue weighted by atomic mass is 10.0. The Bertz CT molecular complexity index is 969. The van der Waals surface area contributed by atoms with Crippen molar-refractivity contribution >= 4 is 23.4 Å². The molecule has 0 unspecified atom stereocenters. The first kappa shape index (κ1) is 19.9. The highest BCUT2D eigenvalue weighted by atomic mass is 32.2. The smallest absolute Gasteiger partial charge is 0.234 e. The lowest BCUT2D eigenvalue weighted by Crippen LogP contribution is -2.14. The Balaban J connectivity index is 1.66. The van der Waals surface area contributed by atoms with Crippen molar-refractivity contribution < 1.29 is 9.53 Å². The molecule has 1 amide bonds. The molecule has 146 valence electrons. The summed E-state index contributed by atoms with van der Waals surface area (Å²) in [6.07, 6.45) is 0. The van der Waals surface area contributed by atoms with Crippen LogP contribution in [0.15, 0.2) is 53.7 Å². The van der Waals surface area contributed by atoms with Gasteiger partial charge >= 0.3 is 0 Å². The molecule has 28 heavy (non-hydrogen) atoms. The first-order valence-electron chi connectivity index (χ1n) is 9.05. The van der Waals surface area contributed by atoms with Gasteiger partial charge in [0.15, 0.2) is 11.0 Å². The average molecular weight is 397 g/mol. The summed E-state index contributed by atoms with van der Waals surface area (Å²) in [5.74, 6) is 2.03. The fourth-order valence-corrected chi connectivity index (χ4v) is 3.52. The number of nitrogens with one attached hydrogen (secondary N) is 1. The van der Waals surface area contributed by atoms with Crippen LogP contribution < -0.4 is 10.1 Å². The van der Waals surface area contributed by atoms with Gasteiger partial charge in [-0.15, -0.1) is 10.2 Å². The molecule has 1 aromatic heterocycles. The van der Waals surface area contributed by atoms with E-state index in [2.05, 4.69) is 35.4 Å². The first-order chi connectivity index (χ1) is 13.5. The molecule has 6 nitrogen and oxygen atoms in total. The molecule has 1 N–H and O–H groups in total. The van der Waals surface area contributed by atoms with Gasteiger partial charge in [0, 0.05) is 12.7 Å². The summed E-state index contributed by atoms with van der Waals surface area (Å²) in [6.45, 7) is 4.26. The van der Waals surface area contributed by atoms with Gasteiger partial charge in [-0.2, -0.15) is 0 Å². The second-order valence-corrected chi connectivity index (χ2v) is 7.62. The van der Waals surface area contributed by atoms with Crippen LogP contribution in [0, 0.1) is 0 Å². The maximum absolute atomic E-state index is 12.3. The molecule has 0 bridgehead atoms. The molecule has 2 aromatic carbocycles. The molecule has 0 atom stereocenters. The molecule has 7 heteroatoms. The average Bonchev–Trinajstić information content (AvgIpc) is 3.06. The third kappa shape index (κ3) is 4.54. The Kier molecular flexibility index (Phi) is 6.36. The summed E-state index contributed by atoms with van der Waals surface area (Å²) in [5, 5.41) is 12.1. The number of amides is 1. The summed E-state index contributed by atoms with van der Waals surface area (Å²) in [7, 11) is 3.51. The fraction of sp³-hybridized carbons (Fsp3) is 0.286. The first-order valence-corrected chi connectivity index (χ1v) is 10.0. The lowest BCUT2D eigenvalue weighted by molar-refractivity contribution is -0.113. The molecule has 0 fully saturated rings. The zero-order chi connectivity index (χ0) is 20.1. The van der Waals surface area contributed by atoms with Crippen molar-refractivity contribution in [2.75, 3.05) is 18.2 Å². The Morgan fingerprint density at radius 1 is 1.18 bits per heavy atom. The summed E-state index contributed by atoms with van der Waals surface area (Å²) in [4.78, 5) is 12.3. The molecule has 3 rings (SSSR count). The van der Waals surface area contributed by atoms with Gasteiger partial charge in [0.25, 0.3) is 0 Å². The fourth-order valence-electron chi connectivity index (χ4n) is 2.81.